The number of anilines is 1. The Morgan fingerprint density at radius 1 is 1.03 bits per heavy atom. The molecule has 0 bridgehead atoms. The number of nitrogens with one attached hydrogen (secondary N) is 1. The molecule has 0 amide bonds. The topological polar surface area (TPSA) is 87.0 Å². The predicted molar refractivity (Wildman–Crippen MR) is 134 cm³/mol. The molecule has 0 aliphatic carbocycles. The molecule has 1 aliphatic heterocycles. The van der Waals surface area contributed by atoms with Crippen LogP contribution >= 0.6 is 0 Å². The number of nitrogens with zero attached hydrogens (tertiary/aromatic N) is 3. The van der Waals surface area contributed by atoms with Crippen molar-refractivity contribution in [2.75, 3.05) is 25.1 Å². The van der Waals surface area contributed by atoms with Gasteiger partial charge >= 0.3 is 5.97 Å². The Labute approximate surface area is 202 Å². The molecule has 34 heavy (non-hydrogen) atoms. The molecule has 1 N–H and O–H groups in total. The van der Waals surface area contributed by atoms with E-state index < -0.39 is 5.41 Å². The van der Waals surface area contributed by atoms with E-state index >= 15 is 0 Å². The van der Waals surface area contributed by atoms with E-state index in [1.54, 1.807) is 6.34 Å². The third-order valence-electron chi connectivity index (χ3n) is 5.91. The highest BCUT2D eigenvalue weighted by atomic mass is 16.5. The van der Waals surface area contributed by atoms with E-state index in [4.69, 9.17) is 14.2 Å². The van der Waals surface area contributed by atoms with Crippen molar-refractivity contribution >= 4 is 18.1 Å². The summed E-state index contributed by atoms with van der Waals surface area (Å²) in [5, 5.41) is 3.08. The van der Waals surface area contributed by atoms with E-state index in [9.17, 15) is 4.79 Å². The van der Waals surface area contributed by atoms with E-state index in [0.29, 0.717) is 26.4 Å². The van der Waals surface area contributed by atoms with Crippen molar-refractivity contribution in [3.63, 3.8) is 0 Å². The van der Waals surface area contributed by atoms with Gasteiger partial charge in [0, 0.05) is 6.54 Å². The number of aromatic nitrogens is 2. The van der Waals surface area contributed by atoms with Gasteiger partial charge in [0.2, 0.25) is 0 Å². The molecule has 8 nitrogen and oxygen atoms in total. The highest BCUT2D eigenvalue weighted by molar-refractivity contribution is 5.77. The number of rotatable bonds is 15. The molecule has 1 aliphatic rings. The van der Waals surface area contributed by atoms with Crippen LogP contribution in [-0.2, 0) is 22.6 Å². The maximum absolute atomic E-state index is 11.9. The molecule has 8 heteroatoms. The number of hydrogen-bond acceptors (Lipinski definition) is 7. The molecule has 0 radical (unpaired) electrons. The number of hydrogen-bond donors (Lipinski definition) is 1. The van der Waals surface area contributed by atoms with Gasteiger partial charge in [0.25, 0.3) is 0 Å². The van der Waals surface area contributed by atoms with Gasteiger partial charge in [-0.3, -0.25) is 9.79 Å². The van der Waals surface area contributed by atoms with Crippen LogP contribution in [0.4, 0.5) is 5.82 Å². The van der Waals surface area contributed by atoms with Crippen LogP contribution in [-0.4, -0.2) is 41.7 Å². The Morgan fingerprint density at radius 2 is 1.71 bits per heavy atom. The maximum atomic E-state index is 11.9. The lowest BCUT2D eigenvalue weighted by atomic mass is 9.87. The molecule has 0 atom stereocenters. The number of fused-ring (bicyclic) bond motifs is 1. The van der Waals surface area contributed by atoms with Crippen LogP contribution in [0.1, 0.15) is 65.0 Å². The fourth-order valence-electron chi connectivity index (χ4n) is 3.80. The summed E-state index contributed by atoms with van der Waals surface area (Å²) in [4.78, 5) is 20.6. The first kappa shape index (κ1) is 25.6. The van der Waals surface area contributed by atoms with Crippen LogP contribution < -0.4 is 14.8 Å². The molecular formula is C26H38N4O4. The van der Waals surface area contributed by atoms with Crippen LogP contribution in [0.3, 0.4) is 0 Å². The first-order valence-electron chi connectivity index (χ1n) is 12.3. The van der Waals surface area contributed by atoms with Crippen molar-refractivity contribution in [3.05, 3.63) is 36.3 Å². The van der Waals surface area contributed by atoms with Gasteiger partial charge in [-0.05, 0) is 83.6 Å². The van der Waals surface area contributed by atoms with Crippen molar-refractivity contribution in [1.82, 2.24) is 9.55 Å². The highest BCUT2D eigenvalue weighted by Crippen LogP contribution is 2.25. The van der Waals surface area contributed by atoms with Gasteiger partial charge in [0.15, 0.2) is 5.82 Å². The summed E-state index contributed by atoms with van der Waals surface area (Å²) >= 11 is 0. The number of benzene rings is 1. The minimum atomic E-state index is -0.444. The van der Waals surface area contributed by atoms with Gasteiger partial charge in [0.05, 0.1) is 50.1 Å². The molecule has 0 spiro atoms. The molecule has 0 saturated carbocycles. The summed E-state index contributed by atoms with van der Waals surface area (Å²) in [7, 11) is 0. The SMILES string of the molecule is CCOC(=O)C(C)(C)CCCCOc1ccc(OCCCCCn2cnc3c2CN=CN3)cc1. The van der Waals surface area contributed by atoms with E-state index in [0.717, 1.165) is 68.1 Å². The van der Waals surface area contributed by atoms with Crippen LogP contribution in [0.25, 0.3) is 0 Å². The lowest BCUT2D eigenvalue weighted by Crippen LogP contribution is -2.26. The number of carbonyl (C=O) groups is 1. The van der Waals surface area contributed by atoms with Crippen molar-refractivity contribution in [2.24, 2.45) is 10.4 Å². The van der Waals surface area contributed by atoms with E-state index in [1.807, 2.05) is 51.4 Å². The quantitative estimate of drug-likeness (QED) is 0.283. The minimum Gasteiger partial charge on any atom is -0.494 e. The van der Waals surface area contributed by atoms with Gasteiger partial charge in [0.1, 0.15) is 11.5 Å². The molecule has 0 saturated heterocycles. The van der Waals surface area contributed by atoms with Crippen molar-refractivity contribution < 1.29 is 19.0 Å². The monoisotopic (exact) mass is 470 g/mol. The third-order valence-corrected chi connectivity index (χ3v) is 5.91. The molecule has 186 valence electrons. The largest absolute Gasteiger partial charge is 0.494 e. The summed E-state index contributed by atoms with van der Waals surface area (Å²) in [6, 6.07) is 7.78. The van der Waals surface area contributed by atoms with Gasteiger partial charge in [-0.25, -0.2) is 4.98 Å². The average Bonchev–Trinajstić information content (AvgIpc) is 3.25. The molecule has 0 unspecified atom stereocenters. The Balaban J connectivity index is 1.24. The first-order valence-corrected chi connectivity index (χ1v) is 12.3. The average molecular weight is 471 g/mol. The Morgan fingerprint density at radius 3 is 2.38 bits per heavy atom. The Bertz CT molecular complexity index is 921. The number of imidazole rings is 1. The zero-order valence-electron chi connectivity index (χ0n) is 20.7. The number of ether oxygens (including phenoxy) is 3. The molecular weight excluding hydrogens is 432 g/mol. The number of unbranched alkanes of at least 4 members (excludes halogenated alkanes) is 3. The van der Waals surface area contributed by atoms with E-state index in [1.165, 1.54) is 0 Å². The molecule has 2 heterocycles. The third kappa shape index (κ3) is 7.78. The molecule has 1 aromatic carbocycles. The normalized spacial score (nSPS) is 12.7. The van der Waals surface area contributed by atoms with Crippen molar-refractivity contribution in [3.8, 4) is 11.5 Å². The number of carbonyl (C=O) groups excluding carboxylic acids is 1. The second-order valence-corrected chi connectivity index (χ2v) is 9.14. The van der Waals surface area contributed by atoms with Crippen LogP contribution in [0.2, 0.25) is 0 Å². The first-order chi connectivity index (χ1) is 16.5. The Kier molecular flexibility index (Phi) is 9.79. The van der Waals surface area contributed by atoms with E-state index in [2.05, 4.69) is 19.9 Å². The highest BCUT2D eigenvalue weighted by Gasteiger charge is 2.28. The summed E-state index contributed by atoms with van der Waals surface area (Å²) in [5.74, 6) is 2.48. The van der Waals surface area contributed by atoms with Crippen molar-refractivity contribution in [1.29, 1.82) is 0 Å². The summed E-state index contributed by atoms with van der Waals surface area (Å²) in [5.41, 5.74) is 0.710. The molecule has 2 aromatic rings. The maximum Gasteiger partial charge on any atom is 0.311 e. The van der Waals surface area contributed by atoms with Crippen LogP contribution in [0.15, 0.2) is 35.6 Å². The van der Waals surface area contributed by atoms with Gasteiger partial charge in [-0.1, -0.05) is 0 Å². The van der Waals surface area contributed by atoms with Crippen LogP contribution in [0.5, 0.6) is 11.5 Å². The fourth-order valence-corrected chi connectivity index (χ4v) is 3.80. The second-order valence-electron chi connectivity index (χ2n) is 9.14. The summed E-state index contributed by atoms with van der Waals surface area (Å²) < 4.78 is 19.0. The van der Waals surface area contributed by atoms with E-state index in [-0.39, 0.29) is 5.97 Å². The second kappa shape index (κ2) is 13.0. The zero-order chi connectivity index (χ0) is 24.2. The lowest BCUT2D eigenvalue weighted by molar-refractivity contribution is -0.153. The summed E-state index contributed by atoms with van der Waals surface area (Å²) in [6.07, 6.45) is 9.38. The minimum absolute atomic E-state index is 0.129. The van der Waals surface area contributed by atoms with Gasteiger partial charge in [-0.15, -0.1) is 0 Å². The van der Waals surface area contributed by atoms with Crippen LogP contribution in [0, 0.1) is 5.41 Å². The molecule has 3 rings (SSSR count). The zero-order valence-corrected chi connectivity index (χ0v) is 20.7. The van der Waals surface area contributed by atoms with Crippen molar-refractivity contribution in [2.45, 2.75) is 72.4 Å². The smallest absolute Gasteiger partial charge is 0.311 e. The lowest BCUT2D eigenvalue weighted by Gasteiger charge is -2.21. The van der Waals surface area contributed by atoms with Gasteiger partial charge in [-0.2, -0.15) is 0 Å². The molecule has 1 aromatic heterocycles. The number of aliphatic imine (C=N–C) groups is 1. The number of aryl methyl sites for hydroxylation is 1. The Hall–Kier alpha value is -3.03. The number of esters is 1. The van der Waals surface area contributed by atoms with Gasteiger partial charge < -0.3 is 24.1 Å². The molecule has 0 fully saturated rings. The standard InChI is InChI=1S/C26H38N4O4/c1-4-32-25(31)26(2,3)14-6-9-17-34-22-12-10-21(11-13-22)33-16-8-5-7-15-30-20-29-24-23(30)18-27-19-28-24/h10-13,19-20H,4-9,14-18H2,1-3H3,(H,27,28). The predicted octanol–water partition coefficient (Wildman–Crippen LogP) is 5.22. The fraction of sp³-hybridized carbons (Fsp3) is 0.577. The summed E-state index contributed by atoms with van der Waals surface area (Å²) in [6.45, 7) is 9.10.